The average molecular weight is 555 g/mol. The van der Waals surface area contributed by atoms with Crippen LogP contribution in [-0.4, -0.2) is 96.5 Å². The topological polar surface area (TPSA) is 130 Å². The first-order chi connectivity index (χ1) is 18.6. The summed E-state index contributed by atoms with van der Waals surface area (Å²) in [6.07, 6.45) is 7.26. The number of benzene rings is 1. The van der Waals surface area contributed by atoms with Crippen molar-refractivity contribution in [2.24, 2.45) is 12.5 Å². The summed E-state index contributed by atoms with van der Waals surface area (Å²) in [6.45, 7) is 2.18. The molecule has 0 aliphatic carbocycles. The van der Waals surface area contributed by atoms with E-state index in [1.165, 1.54) is 6.07 Å². The molecule has 1 saturated heterocycles. The summed E-state index contributed by atoms with van der Waals surface area (Å²) >= 11 is 0. The number of amides is 1. The first-order valence-corrected chi connectivity index (χ1v) is 14.4. The van der Waals surface area contributed by atoms with E-state index in [2.05, 4.69) is 14.8 Å². The maximum absolute atomic E-state index is 13.2. The first kappa shape index (κ1) is 27.3. The quantitative estimate of drug-likeness (QED) is 0.486. The number of aliphatic hydroxyl groups is 1. The maximum atomic E-state index is 13.2. The molecule has 39 heavy (non-hydrogen) atoms. The number of β-amino-alcohol motifs (C(OH)–C–C–N with tert-alkyl or cyclic N) is 1. The lowest BCUT2D eigenvalue weighted by Crippen LogP contribution is -2.51. The lowest BCUT2D eigenvalue weighted by Gasteiger charge is -2.44. The van der Waals surface area contributed by atoms with E-state index < -0.39 is 16.1 Å². The summed E-state index contributed by atoms with van der Waals surface area (Å²) in [5.74, 6) is 0.213. The van der Waals surface area contributed by atoms with Gasteiger partial charge >= 0.3 is 0 Å². The molecule has 2 N–H and O–H groups in total. The number of likely N-dealkylation sites (tertiary alicyclic amines) is 1. The fraction of sp³-hybridized carbons (Fsp3) is 0.444. The van der Waals surface area contributed by atoms with Crippen LogP contribution >= 0.6 is 0 Å². The second-order valence-corrected chi connectivity index (χ2v) is 12.3. The van der Waals surface area contributed by atoms with E-state index in [9.17, 15) is 18.3 Å². The number of aromatic nitrogens is 3. The third kappa shape index (κ3) is 6.14. The third-order valence-corrected chi connectivity index (χ3v) is 8.94. The number of nitrogens with one attached hydrogen (secondary N) is 1. The molecular formula is C27H34N6O5S. The van der Waals surface area contributed by atoms with Gasteiger partial charge in [-0.3, -0.25) is 14.5 Å². The minimum absolute atomic E-state index is 0.0247. The highest BCUT2D eigenvalue weighted by Gasteiger charge is 2.39. The van der Waals surface area contributed by atoms with Crippen molar-refractivity contribution in [3.05, 3.63) is 60.7 Å². The van der Waals surface area contributed by atoms with Crippen molar-refractivity contribution in [3.8, 4) is 16.9 Å². The van der Waals surface area contributed by atoms with Gasteiger partial charge in [0.05, 0.1) is 18.9 Å². The van der Waals surface area contributed by atoms with Gasteiger partial charge in [0.1, 0.15) is 10.6 Å². The smallest absolute Gasteiger partial charge is 0.253 e. The maximum Gasteiger partial charge on any atom is 0.253 e. The van der Waals surface area contributed by atoms with Gasteiger partial charge in [0.2, 0.25) is 10.0 Å². The number of hydrogen-bond acceptors (Lipinski definition) is 8. The zero-order valence-electron chi connectivity index (χ0n) is 22.2. The molecule has 4 heterocycles. The second kappa shape index (κ2) is 11.0. The van der Waals surface area contributed by atoms with Crippen LogP contribution in [0.1, 0.15) is 23.2 Å². The Hall–Kier alpha value is -3.32. The highest BCUT2D eigenvalue weighted by Crippen LogP contribution is 2.37. The van der Waals surface area contributed by atoms with Gasteiger partial charge in [-0.05, 0) is 49.7 Å². The second-order valence-electron chi connectivity index (χ2n) is 10.6. The van der Waals surface area contributed by atoms with E-state index >= 15 is 0 Å². The summed E-state index contributed by atoms with van der Waals surface area (Å²) in [5.41, 5.74) is 1.88. The molecular weight excluding hydrogens is 520 g/mol. The van der Waals surface area contributed by atoms with Crippen molar-refractivity contribution in [1.82, 2.24) is 29.3 Å². The van der Waals surface area contributed by atoms with Gasteiger partial charge in [0.15, 0.2) is 0 Å². The van der Waals surface area contributed by atoms with Crippen LogP contribution in [0.25, 0.3) is 11.1 Å². The van der Waals surface area contributed by atoms with Crippen molar-refractivity contribution in [1.29, 1.82) is 0 Å². The van der Waals surface area contributed by atoms with Crippen molar-refractivity contribution in [2.45, 2.75) is 23.8 Å². The molecule has 0 bridgehead atoms. The third-order valence-electron chi connectivity index (χ3n) is 7.48. The zero-order chi connectivity index (χ0) is 27.6. The Labute approximate surface area is 228 Å². The van der Waals surface area contributed by atoms with E-state index in [1.54, 1.807) is 47.5 Å². The zero-order valence-corrected chi connectivity index (χ0v) is 23.0. The minimum atomic E-state index is -3.94. The predicted octanol–water partition coefficient (Wildman–Crippen LogP) is 1.37. The molecule has 1 aromatic carbocycles. The number of piperidine rings is 1. The number of carbonyl (C=O) groups is 1. The summed E-state index contributed by atoms with van der Waals surface area (Å²) in [6, 6.07) is 8.42. The molecule has 1 spiro atoms. The molecule has 2 aliphatic heterocycles. The van der Waals surface area contributed by atoms with E-state index in [1.807, 2.05) is 30.1 Å². The van der Waals surface area contributed by atoms with E-state index in [0.29, 0.717) is 44.6 Å². The molecule has 2 aliphatic rings. The number of nitrogens with zero attached hydrogens (tertiary/aromatic N) is 5. The van der Waals surface area contributed by atoms with E-state index in [4.69, 9.17) is 4.74 Å². The van der Waals surface area contributed by atoms with Gasteiger partial charge in [-0.1, -0.05) is 6.07 Å². The molecule has 1 atom stereocenters. The van der Waals surface area contributed by atoms with Gasteiger partial charge in [-0.2, -0.15) is 5.10 Å². The summed E-state index contributed by atoms with van der Waals surface area (Å²) < 4.78 is 37.0. The van der Waals surface area contributed by atoms with E-state index in [0.717, 1.165) is 11.1 Å². The van der Waals surface area contributed by atoms with Crippen molar-refractivity contribution in [3.63, 3.8) is 0 Å². The van der Waals surface area contributed by atoms with Gasteiger partial charge < -0.3 is 19.6 Å². The fourth-order valence-corrected chi connectivity index (χ4v) is 6.58. The molecule has 1 fully saturated rings. The van der Waals surface area contributed by atoms with Crippen LogP contribution in [0.2, 0.25) is 0 Å². The lowest BCUT2D eigenvalue weighted by molar-refractivity contribution is 0.0159. The monoisotopic (exact) mass is 554 g/mol. The Bertz CT molecular complexity index is 1420. The number of pyridine rings is 1. The standard InChI is InChI=1S/C27H34N6O5S/c1-31-17-23(34)15-30-39(36,37)25-4-3-21(22-14-29-32(2)16-22)13-24(25)38-19-27(18-31)7-11-33(12-8-27)26(35)20-5-9-28-10-6-20/h3-6,9-10,13-14,16,23,30,34H,7-8,11-12,15,17-19H2,1-2H3. The number of carbonyl (C=O) groups excluding carboxylic acids is 1. The van der Waals surface area contributed by atoms with Gasteiger partial charge in [-0.25, -0.2) is 13.1 Å². The van der Waals surface area contributed by atoms with Crippen LogP contribution in [-0.2, 0) is 17.1 Å². The van der Waals surface area contributed by atoms with Crippen LogP contribution in [0.4, 0.5) is 0 Å². The molecule has 3 aromatic rings. The Kier molecular flexibility index (Phi) is 7.72. The minimum Gasteiger partial charge on any atom is -0.492 e. The van der Waals surface area contributed by atoms with Crippen LogP contribution in [0.15, 0.2) is 60.0 Å². The van der Waals surface area contributed by atoms with Crippen molar-refractivity contribution >= 4 is 15.9 Å². The fourth-order valence-electron chi connectivity index (χ4n) is 5.38. The molecule has 0 radical (unpaired) electrons. The van der Waals surface area contributed by atoms with Gasteiger partial charge in [-0.15, -0.1) is 0 Å². The summed E-state index contributed by atoms with van der Waals surface area (Å²) in [4.78, 5) is 20.9. The highest BCUT2D eigenvalue weighted by atomic mass is 32.2. The number of likely N-dealkylation sites (N-methyl/N-ethyl adjacent to an activating group) is 1. The Morgan fingerprint density at radius 2 is 1.87 bits per heavy atom. The Balaban J connectivity index is 1.44. The molecule has 2 aromatic heterocycles. The predicted molar refractivity (Wildman–Crippen MR) is 145 cm³/mol. The van der Waals surface area contributed by atoms with Gasteiger partial charge in [0, 0.05) is 74.9 Å². The number of sulfonamides is 1. The molecule has 208 valence electrons. The lowest BCUT2D eigenvalue weighted by atomic mass is 9.78. The number of ether oxygens (including phenoxy) is 1. The summed E-state index contributed by atoms with van der Waals surface area (Å²) in [7, 11) is -0.209. The normalized spacial score (nSPS) is 21.8. The van der Waals surface area contributed by atoms with Gasteiger partial charge in [0.25, 0.3) is 5.91 Å². The van der Waals surface area contributed by atoms with Crippen molar-refractivity contribution in [2.75, 3.05) is 46.4 Å². The van der Waals surface area contributed by atoms with E-state index in [-0.39, 0.29) is 35.1 Å². The molecule has 1 amide bonds. The van der Waals surface area contributed by atoms with Crippen LogP contribution in [0.3, 0.4) is 0 Å². The molecule has 11 nitrogen and oxygen atoms in total. The molecule has 12 heteroatoms. The number of fused-ring (bicyclic) bond motifs is 1. The number of rotatable bonds is 2. The number of aryl methyl sites for hydroxylation is 1. The SMILES string of the molecule is CN1CC(O)CNS(=O)(=O)c2ccc(-c3cnn(C)c3)cc2OCC2(CCN(C(=O)c3ccncc3)CC2)C1. The largest absolute Gasteiger partial charge is 0.492 e. The summed E-state index contributed by atoms with van der Waals surface area (Å²) in [5, 5.41) is 14.8. The van der Waals surface area contributed by atoms with Crippen LogP contribution in [0.5, 0.6) is 5.75 Å². The van der Waals surface area contributed by atoms with Crippen LogP contribution in [0, 0.1) is 5.41 Å². The highest BCUT2D eigenvalue weighted by molar-refractivity contribution is 7.89. The Morgan fingerprint density at radius 1 is 1.13 bits per heavy atom. The average Bonchev–Trinajstić information content (AvgIpc) is 3.37. The molecule has 1 unspecified atom stereocenters. The Morgan fingerprint density at radius 3 is 2.56 bits per heavy atom. The van der Waals surface area contributed by atoms with Crippen LogP contribution < -0.4 is 9.46 Å². The number of hydrogen-bond donors (Lipinski definition) is 2. The first-order valence-electron chi connectivity index (χ1n) is 13.0. The molecule has 5 rings (SSSR count). The van der Waals surface area contributed by atoms with Crippen molar-refractivity contribution < 1.29 is 23.1 Å². The number of aliphatic hydroxyl groups excluding tert-OH is 1. The molecule has 0 saturated carbocycles.